The van der Waals surface area contributed by atoms with E-state index in [1.54, 1.807) is 13.0 Å². The highest BCUT2D eigenvalue weighted by molar-refractivity contribution is 5.29. The lowest BCUT2D eigenvalue weighted by atomic mass is 10.1. The summed E-state index contributed by atoms with van der Waals surface area (Å²) in [6, 6.07) is 4.63. The van der Waals surface area contributed by atoms with Crippen LogP contribution in [0, 0.1) is 5.82 Å². The van der Waals surface area contributed by atoms with Crippen LogP contribution in [0.5, 0.6) is 5.75 Å². The zero-order chi connectivity index (χ0) is 15.4. The molecule has 1 rings (SSSR count). The van der Waals surface area contributed by atoms with E-state index in [2.05, 4.69) is 26.1 Å². The van der Waals surface area contributed by atoms with E-state index in [4.69, 9.17) is 4.74 Å². The molecule has 2 N–H and O–H groups in total. The average Bonchev–Trinajstić information content (AvgIpc) is 2.33. The second kappa shape index (κ2) is 6.55. The van der Waals surface area contributed by atoms with Gasteiger partial charge in [-0.05, 0) is 51.8 Å². The summed E-state index contributed by atoms with van der Waals surface area (Å²) in [5, 5.41) is 13.2. The number of halogens is 1. The number of ether oxygens (including phenoxy) is 1. The van der Waals surface area contributed by atoms with Crippen LogP contribution >= 0.6 is 0 Å². The van der Waals surface area contributed by atoms with E-state index in [1.807, 2.05) is 6.92 Å². The molecule has 0 saturated carbocycles. The lowest BCUT2D eigenvalue weighted by molar-refractivity contribution is 0.00834. The molecule has 0 heterocycles. The van der Waals surface area contributed by atoms with Gasteiger partial charge in [0, 0.05) is 18.2 Å². The summed E-state index contributed by atoms with van der Waals surface area (Å²) in [6.07, 6.45) is 0.584. The average molecular weight is 283 g/mol. The molecule has 0 aliphatic rings. The van der Waals surface area contributed by atoms with Gasteiger partial charge in [0.15, 0.2) is 0 Å². The monoisotopic (exact) mass is 283 g/mol. The Morgan fingerprint density at radius 3 is 2.40 bits per heavy atom. The first-order valence-corrected chi connectivity index (χ1v) is 7.01. The van der Waals surface area contributed by atoms with Crippen molar-refractivity contribution in [3.63, 3.8) is 0 Å². The maximum absolute atomic E-state index is 13.6. The second-order valence-electron chi connectivity index (χ2n) is 6.54. The van der Waals surface area contributed by atoms with Gasteiger partial charge in [0.25, 0.3) is 0 Å². The summed E-state index contributed by atoms with van der Waals surface area (Å²) in [5.41, 5.74) is -0.0962. The molecular weight excluding hydrogens is 257 g/mol. The van der Waals surface area contributed by atoms with Crippen molar-refractivity contribution in [2.24, 2.45) is 0 Å². The van der Waals surface area contributed by atoms with Crippen molar-refractivity contribution in [3.8, 4) is 5.75 Å². The van der Waals surface area contributed by atoms with E-state index in [-0.39, 0.29) is 18.0 Å². The third-order valence-corrected chi connectivity index (χ3v) is 3.07. The van der Waals surface area contributed by atoms with E-state index >= 15 is 0 Å². The topological polar surface area (TPSA) is 41.5 Å². The fraction of sp³-hybridized carbons (Fsp3) is 0.625. The first kappa shape index (κ1) is 16.9. The number of hydrogen-bond donors (Lipinski definition) is 2. The minimum Gasteiger partial charge on any atom is -0.490 e. The maximum atomic E-state index is 13.6. The van der Waals surface area contributed by atoms with Crippen molar-refractivity contribution in [2.75, 3.05) is 6.61 Å². The highest BCUT2D eigenvalue weighted by atomic mass is 19.1. The smallest absolute Gasteiger partial charge is 0.127 e. The number of aliphatic hydroxyl groups is 1. The molecule has 0 amide bonds. The predicted octanol–water partition coefficient (Wildman–Crippen LogP) is 3.25. The molecule has 1 unspecified atom stereocenters. The molecule has 0 spiro atoms. The SMILES string of the molecule is CCC(C)(O)COc1cc(F)cc(CNC(C)(C)C)c1. The molecule has 0 aromatic heterocycles. The van der Waals surface area contributed by atoms with Gasteiger partial charge in [0.1, 0.15) is 18.2 Å². The molecule has 0 radical (unpaired) electrons. The third-order valence-electron chi connectivity index (χ3n) is 3.07. The van der Waals surface area contributed by atoms with Crippen molar-refractivity contribution >= 4 is 0 Å². The Bertz CT molecular complexity index is 439. The van der Waals surface area contributed by atoms with Crippen LogP contribution in [0.15, 0.2) is 18.2 Å². The van der Waals surface area contributed by atoms with Crippen molar-refractivity contribution in [1.29, 1.82) is 0 Å². The Morgan fingerprint density at radius 1 is 1.20 bits per heavy atom. The van der Waals surface area contributed by atoms with Gasteiger partial charge >= 0.3 is 0 Å². The fourth-order valence-electron chi connectivity index (χ4n) is 1.51. The molecule has 4 heteroatoms. The minimum atomic E-state index is -0.893. The zero-order valence-electron chi connectivity index (χ0n) is 13.1. The maximum Gasteiger partial charge on any atom is 0.127 e. The number of hydrogen-bond acceptors (Lipinski definition) is 3. The summed E-state index contributed by atoms with van der Waals surface area (Å²) >= 11 is 0. The van der Waals surface area contributed by atoms with Gasteiger partial charge in [-0.25, -0.2) is 4.39 Å². The Labute approximate surface area is 121 Å². The molecule has 114 valence electrons. The van der Waals surface area contributed by atoms with Gasteiger partial charge in [0.2, 0.25) is 0 Å². The van der Waals surface area contributed by atoms with E-state index in [9.17, 15) is 9.50 Å². The van der Waals surface area contributed by atoms with Crippen molar-refractivity contribution in [3.05, 3.63) is 29.6 Å². The van der Waals surface area contributed by atoms with Crippen molar-refractivity contribution < 1.29 is 14.2 Å². The van der Waals surface area contributed by atoms with Crippen molar-refractivity contribution in [2.45, 2.75) is 58.7 Å². The van der Waals surface area contributed by atoms with Gasteiger partial charge in [-0.2, -0.15) is 0 Å². The molecule has 0 fully saturated rings. The van der Waals surface area contributed by atoms with E-state index in [1.165, 1.54) is 12.1 Å². The standard InChI is InChI=1S/C16H26FNO2/c1-6-16(5,19)11-20-14-8-12(7-13(17)9-14)10-18-15(2,3)4/h7-9,18-19H,6,10-11H2,1-5H3. The molecule has 1 aromatic rings. The molecule has 1 atom stereocenters. The highest BCUT2D eigenvalue weighted by Gasteiger charge is 2.18. The summed E-state index contributed by atoms with van der Waals surface area (Å²) in [7, 11) is 0. The minimum absolute atomic E-state index is 0.0286. The lowest BCUT2D eigenvalue weighted by Crippen LogP contribution is -2.35. The Hall–Kier alpha value is -1.13. The Balaban J connectivity index is 2.71. The van der Waals surface area contributed by atoms with Crippen LogP contribution in [0.25, 0.3) is 0 Å². The van der Waals surface area contributed by atoms with E-state index < -0.39 is 5.60 Å². The van der Waals surface area contributed by atoms with Crippen LogP contribution in [0.1, 0.15) is 46.6 Å². The van der Waals surface area contributed by atoms with Gasteiger partial charge in [-0.15, -0.1) is 0 Å². The van der Waals surface area contributed by atoms with Gasteiger partial charge < -0.3 is 15.2 Å². The van der Waals surface area contributed by atoms with Crippen molar-refractivity contribution in [1.82, 2.24) is 5.32 Å². The summed E-state index contributed by atoms with van der Waals surface area (Å²) in [4.78, 5) is 0. The Kier molecular flexibility index (Phi) is 5.54. The number of rotatable bonds is 6. The molecular formula is C16H26FNO2. The van der Waals surface area contributed by atoms with E-state index in [0.29, 0.717) is 18.7 Å². The van der Waals surface area contributed by atoms with Gasteiger partial charge in [0.05, 0.1) is 5.60 Å². The summed E-state index contributed by atoms with van der Waals surface area (Å²) in [6.45, 7) is 10.5. The molecule has 1 aromatic carbocycles. The number of benzene rings is 1. The quantitative estimate of drug-likeness (QED) is 0.842. The van der Waals surface area contributed by atoms with Crippen LogP contribution in [0.3, 0.4) is 0 Å². The molecule has 20 heavy (non-hydrogen) atoms. The van der Waals surface area contributed by atoms with Gasteiger partial charge in [-0.1, -0.05) is 6.92 Å². The fourth-order valence-corrected chi connectivity index (χ4v) is 1.51. The molecule has 0 bridgehead atoms. The van der Waals surface area contributed by atoms with Gasteiger partial charge in [-0.3, -0.25) is 0 Å². The Morgan fingerprint density at radius 2 is 1.85 bits per heavy atom. The third kappa shape index (κ3) is 6.35. The zero-order valence-corrected chi connectivity index (χ0v) is 13.1. The van der Waals surface area contributed by atoms with Crippen LogP contribution in [-0.4, -0.2) is 22.9 Å². The highest BCUT2D eigenvalue weighted by Crippen LogP contribution is 2.19. The second-order valence-corrected chi connectivity index (χ2v) is 6.54. The summed E-state index contributed by atoms with van der Waals surface area (Å²) < 4.78 is 19.1. The molecule has 0 aliphatic heterocycles. The molecule has 0 saturated heterocycles. The van der Waals surface area contributed by atoms with Crippen LogP contribution in [0.4, 0.5) is 4.39 Å². The van der Waals surface area contributed by atoms with Crippen LogP contribution < -0.4 is 10.1 Å². The largest absolute Gasteiger partial charge is 0.490 e. The lowest BCUT2D eigenvalue weighted by Gasteiger charge is -2.22. The summed E-state index contributed by atoms with van der Waals surface area (Å²) in [5.74, 6) is 0.119. The first-order chi connectivity index (χ1) is 9.11. The van der Waals surface area contributed by atoms with E-state index in [0.717, 1.165) is 5.56 Å². The van der Waals surface area contributed by atoms with Crippen LogP contribution in [0.2, 0.25) is 0 Å². The first-order valence-electron chi connectivity index (χ1n) is 7.01. The van der Waals surface area contributed by atoms with Crippen LogP contribution in [-0.2, 0) is 6.54 Å². The normalized spacial score (nSPS) is 14.9. The molecule has 3 nitrogen and oxygen atoms in total. The predicted molar refractivity (Wildman–Crippen MR) is 79.4 cm³/mol. The number of nitrogens with one attached hydrogen (secondary N) is 1. The molecule has 0 aliphatic carbocycles.